The van der Waals surface area contributed by atoms with Crippen molar-refractivity contribution in [1.82, 2.24) is 15.1 Å². The minimum Gasteiger partial charge on any atom is -0.481 e. The van der Waals surface area contributed by atoms with Crippen LogP contribution in [0.5, 0.6) is 5.75 Å². The lowest BCUT2D eigenvalue weighted by atomic mass is 10.1. The minimum absolute atomic E-state index is 0.102. The summed E-state index contributed by atoms with van der Waals surface area (Å²) < 4.78 is 11.6. The largest absolute Gasteiger partial charge is 0.481 e. The number of hydrogen-bond acceptors (Lipinski definition) is 6. The second-order valence-corrected chi connectivity index (χ2v) is 7.04. The lowest BCUT2D eigenvalue weighted by molar-refractivity contribution is -0.123. The number of amides is 1. The van der Waals surface area contributed by atoms with Crippen LogP contribution in [0, 0.1) is 6.92 Å². The van der Waals surface area contributed by atoms with E-state index < -0.39 is 11.5 Å². The second-order valence-electron chi connectivity index (χ2n) is 7.04. The van der Waals surface area contributed by atoms with Crippen molar-refractivity contribution in [2.24, 2.45) is 0 Å². The Bertz CT molecular complexity index is 1120. The van der Waals surface area contributed by atoms with Gasteiger partial charge in [-0.3, -0.25) is 9.59 Å². The van der Waals surface area contributed by atoms with Gasteiger partial charge in [0.2, 0.25) is 5.69 Å². The summed E-state index contributed by atoms with van der Waals surface area (Å²) in [6.07, 6.45) is 0.675. The molecule has 1 aromatic heterocycles. The van der Waals surface area contributed by atoms with Crippen LogP contribution in [0.4, 0.5) is 0 Å². The normalized spacial score (nSPS) is 10.4. The molecule has 0 bridgehead atoms. The Hall–Kier alpha value is -3.94. The van der Waals surface area contributed by atoms with E-state index >= 15 is 0 Å². The highest BCUT2D eigenvalue weighted by Crippen LogP contribution is 2.16. The molecule has 3 rings (SSSR count). The van der Waals surface area contributed by atoms with Crippen LogP contribution in [0.3, 0.4) is 0 Å². The van der Waals surface area contributed by atoms with Gasteiger partial charge in [-0.1, -0.05) is 48.0 Å². The van der Waals surface area contributed by atoms with E-state index in [9.17, 15) is 14.4 Å². The number of aromatic nitrogens is 2. The number of carbonyl (C=O) groups is 2. The van der Waals surface area contributed by atoms with Gasteiger partial charge in [0.15, 0.2) is 12.4 Å². The van der Waals surface area contributed by atoms with Gasteiger partial charge < -0.3 is 14.8 Å². The van der Waals surface area contributed by atoms with Crippen molar-refractivity contribution < 1.29 is 19.1 Å². The zero-order valence-corrected chi connectivity index (χ0v) is 18.0. The average molecular weight is 435 g/mol. The van der Waals surface area contributed by atoms with Gasteiger partial charge in [-0.15, -0.1) is 0 Å². The molecule has 8 heteroatoms. The van der Waals surface area contributed by atoms with Gasteiger partial charge in [0.1, 0.15) is 0 Å². The number of nitrogens with zero attached hydrogens (tertiary/aromatic N) is 2. The number of benzene rings is 2. The number of nitrogens with one attached hydrogen (secondary N) is 1. The van der Waals surface area contributed by atoms with Gasteiger partial charge in [-0.2, -0.15) is 9.78 Å². The van der Waals surface area contributed by atoms with E-state index in [1.807, 2.05) is 49.4 Å². The van der Waals surface area contributed by atoms with Crippen LogP contribution in [0.15, 0.2) is 65.5 Å². The molecule has 0 saturated carbocycles. The van der Waals surface area contributed by atoms with Gasteiger partial charge in [0, 0.05) is 6.54 Å². The predicted octanol–water partition coefficient (Wildman–Crippen LogP) is 2.46. The van der Waals surface area contributed by atoms with E-state index in [-0.39, 0.29) is 30.6 Å². The van der Waals surface area contributed by atoms with Crippen LogP contribution in [-0.2, 0) is 16.0 Å². The molecule has 0 spiro atoms. The van der Waals surface area contributed by atoms with Crippen molar-refractivity contribution >= 4 is 11.9 Å². The first-order chi connectivity index (χ1) is 15.5. The highest BCUT2D eigenvalue weighted by atomic mass is 16.5. The fourth-order valence-electron chi connectivity index (χ4n) is 2.95. The lowest BCUT2D eigenvalue weighted by Gasteiger charge is -2.13. The van der Waals surface area contributed by atoms with Gasteiger partial charge in [-0.05, 0) is 38.0 Å². The molecular formula is C24H25N3O5. The molecule has 32 heavy (non-hydrogen) atoms. The first-order valence-corrected chi connectivity index (χ1v) is 10.3. The van der Waals surface area contributed by atoms with E-state index in [1.54, 1.807) is 19.1 Å². The van der Waals surface area contributed by atoms with Gasteiger partial charge in [0.25, 0.3) is 11.5 Å². The summed E-state index contributed by atoms with van der Waals surface area (Å²) in [5.74, 6) is -1.22. The monoisotopic (exact) mass is 435 g/mol. The van der Waals surface area contributed by atoms with Crippen LogP contribution in [-0.4, -0.2) is 41.4 Å². The summed E-state index contributed by atoms with van der Waals surface area (Å²) in [4.78, 5) is 37.2. The molecule has 1 N–H and O–H groups in total. The maximum absolute atomic E-state index is 12.6. The molecule has 0 saturated heterocycles. The average Bonchev–Trinajstić information content (AvgIpc) is 2.79. The molecule has 0 radical (unpaired) electrons. The van der Waals surface area contributed by atoms with E-state index in [0.29, 0.717) is 18.7 Å². The highest BCUT2D eigenvalue weighted by molar-refractivity contribution is 5.90. The number of esters is 1. The first kappa shape index (κ1) is 22.7. The zero-order chi connectivity index (χ0) is 22.9. The molecule has 0 aliphatic heterocycles. The number of aryl methyl sites for hydroxylation is 1. The lowest BCUT2D eigenvalue weighted by Crippen LogP contribution is -2.32. The Kier molecular flexibility index (Phi) is 7.75. The Morgan fingerprint density at radius 2 is 1.78 bits per heavy atom. The van der Waals surface area contributed by atoms with E-state index in [0.717, 1.165) is 21.9 Å². The summed E-state index contributed by atoms with van der Waals surface area (Å²) in [6, 6.07) is 18.0. The maximum Gasteiger partial charge on any atom is 0.362 e. The molecule has 0 aliphatic carbocycles. The number of carbonyl (C=O) groups excluding carboxylic acids is 2. The fraction of sp³-hybridized carbons (Fsp3) is 0.250. The molecule has 1 amide bonds. The van der Waals surface area contributed by atoms with Crippen molar-refractivity contribution in [3.63, 3.8) is 0 Å². The molecular weight excluding hydrogens is 410 g/mol. The molecule has 0 fully saturated rings. The van der Waals surface area contributed by atoms with Crippen molar-refractivity contribution in [2.45, 2.75) is 20.3 Å². The Balaban J connectivity index is 1.72. The smallest absolute Gasteiger partial charge is 0.362 e. The van der Waals surface area contributed by atoms with Crippen molar-refractivity contribution in [3.8, 4) is 11.4 Å². The van der Waals surface area contributed by atoms with Crippen molar-refractivity contribution in [2.75, 3.05) is 19.8 Å². The summed E-state index contributed by atoms with van der Waals surface area (Å²) in [5, 5.41) is 6.89. The van der Waals surface area contributed by atoms with E-state index in [4.69, 9.17) is 9.47 Å². The highest BCUT2D eigenvalue weighted by Gasteiger charge is 2.20. The summed E-state index contributed by atoms with van der Waals surface area (Å²) in [5.41, 5.74) is 1.94. The van der Waals surface area contributed by atoms with Crippen LogP contribution in [0.1, 0.15) is 28.5 Å². The maximum atomic E-state index is 12.6. The Labute approximate surface area is 185 Å². The standard InChI is InChI=1S/C24H25N3O5/c1-3-31-24(30)23-20(15-22(29)27(26-23)19-11-9-17(2)10-12-19)32-16-21(28)25-14-13-18-7-5-4-6-8-18/h4-12,15H,3,13-14,16H2,1-2H3,(H,25,28). The van der Waals surface area contributed by atoms with E-state index in [2.05, 4.69) is 10.4 Å². The molecule has 8 nitrogen and oxygen atoms in total. The molecule has 0 unspecified atom stereocenters. The second kappa shape index (κ2) is 10.9. The third-order valence-corrected chi connectivity index (χ3v) is 4.58. The number of hydrogen-bond donors (Lipinski definition) is 1. The molecule has 166 valence electrons. The van der Waals surface area contributed by atoms with Crippen molar-refractivity contribution in [1.29, 1.82) is 0 Å². The van der Waals surface area contributed by atoms with Crippen LogP contribution < -0.4 is 15.6 Å². The summed E-state index contributed by atoms with van der Waals surface area (Å²) in [7, 11) is 0. The Morgan fingerprint density at radius 3 is 2.47 bits per heavy atom. The fourth-order valence-corrected chi connectivity index (χ4v) is 2.95. The third-order valence-electron chi connectivity index (χ3n) is 4.58. The summed E-state index contributed by atoms with van der Waals surface area (Å²) in [6.45, 7) is 3.78. The Morgan fingerprint density at radius 1 is 1.06 bits per heavy atom. The third kappa shape index (κ3) is 6.04. The topological polar surface area (TPSA) is 99.5 Å². The van der Waals surface area contributed by atoms with Crippen LogP contribution in [0.25, 0.3) is 5.69 Å². The van der Waals surface area contributed by atoms with Gasteiger partial charge in [-0.25, -0.2) is 4.79 Å². The first-order valence-electron chi connectivity index (χ1n) is 10.3. The molecule has 0 atom stereocenters. The molecule has 0 aliphatic rings. The predicted molar refractivity (Wildman–Crippen MR) is 119 cm³/mol. The van der Waals surface area contributed by atoms with Crippen LogP contribution in [0.2, 0.25) is 0 Å². The van der Waals surface area contributed by atoms with Crippen LogP contribution >= 0.6 is 0 Å². The molecule has 2 aromatic carbocycles. The van der Waals surface area contributed by atoms with E-state index in [1.165, 1.54) is 0 Å². The quantitative estimate of drug-likeness (QED) is 0.519. The number of rotatable bonds is 9. The van der Waals surface area contributed by atoms with Gasteiger partial charge in [0.05, 0.1) is 18.4 Å². The van der Waals surface area contributed by atoms with Gasteiger partial charge >= 0.3 is 5.97 Å². The van der Waals surface area contributed by atoms with Crippen molar-refractivity contribution in [3.05, 3.63) is 87.8 Å². The molecule has 3 aromatic rings. The number of ether oxygens (including phenoxy) is 2. The zero-order valence-electron chi connectivity index (χ0n) is 18.0. The summed E-state index contributed by atoms with van der Waals surface area (Å²) >= 11 is 0. The SMILES string of the molecule is CCOC(=O)c1nn(-c2ccc(C)cc2)c(=O)cc1OCC(=O)NCCc1ccccc1. The molecule has 1 heterocycles. The minimum atomic E-state index is -0.743.